The van der Waals surface area contributed by atoms with Crippen LogP contribution in [0.4, 0.5) is 20.3 Å². The molecule has 2 fully saturated rings. The largest absolute Gasteiger partial charge is 0.463 e. The van der Waals surface area contributed by atoms with Gasteiger partial charge in [-0.25, -0.2) is 8.78 Å². The summed E-state index contributed by atoms with van der Waals surface area (Å²) in [7, 11) is 3.72. The maximum Gasteiger partial charge on any atom is 0.318 e. The summed E-state index contributed by atoms with van der Waals surface area (Å²) < 4.78 is 41.5. The van der Waals surface area contributed by atoms with E-state index in [0.29, 0.717) is 53.7 Å². The van der Waals surface area contributed by atoms with Crippen LogP contribution in [0.25, 0.3) is 10.8 Å². The van der Waals surface area contributed by atoms with E-state index in [-0.39, 0.29) is 50.0 Å². The van der Waals surface area contributed by atoms with Gasteiger partial charge in [-0.3, -0.25) is 9.69 Å². The van der Waals surface area contributed by atoms with Gasteiger partial charge in [0.15, 0.2) is 5.83 Å². The predicted molar refractivity (Wildman–Crippen MR) is 176 cm³/mol. The highest BCUT2D eigenvalue weighted by molar-refractivity contribution is 6.36. The smallest absolute Gasteiger partial charge is 0.318 e. The molecule has 4 heterocycles. The molecule has 0 radical (unpaired) electrons. The summed E-state index contributed by atoms with van der Waals surface area (Å²) in [6.45, 7) is 6.04. The molecule has 3 atom stereocenters. The summed E-state index contributed by atoms with van der Waals surface area (Å²) in [4.78, 5) is 29.8. The number of ether oxygens (including phenoxy) is 2. The lowest BCUT2D eigenvalue weighted by molar-refractivity contribution is -0.131. The lowest BCUT2D eigenvalue weighted by Crippen LogP contribution is -2.55. The van der Waals surface area contributed by atoms with Crippen LogP contribution in [0.2, 0.25) is 5.02 Å². The Morgan fingerprint density at radius 2 is 2.00 bits per heavy atom. The molecular formula is C34H38ClF2N7O3. The summed E-state index contributed by atoms with van der Waals surface area (Å²) in [5.74, 6) is -1.50. The minimum atomic E-state index is -1.06. The van der Waals surface area contributed by atoms with E-state index in [1.54, 1.807) is 19.2 Å². The number of piperidine rings is 1. The van der Waals surface area contributed by atoms with Crippen LogP contribution in [0.3, 0.4) is 0 Å². The van der Waals surface area contributed by atoms with Crippen LogP contribution < -0.4 is 14.5 Å². The maximum absolute atomic E-state index is 15.5. The van der Waals surface area contributed by atoms with E-state index in [9.17, 15) is 14.4 Å². The Labute approximate surface area is 278 Å². The first-order valence-corrected chi connectivity index (χ1v) is 16.2. The fraction of sp³-hybridized carbons (Fsp3) is 0.471. The summed E-state index contributed by atoms with van der Waals surface area (Å²) >= 11 is 6.61. The minimum absolute atomic E-state index is 0.0225. The number of piperazine rings is 1. The number of amides is 1. The highest BCUT2D eigenvalue weighted by Crippen LogP contribution is 2.39. The Hall–Kier alpha value is -4.05. The zero-order valence-electron chi connectivity index (χ0n) is 26.6. The highest BCUT2D eigenvalue weighted by atomic mass is 35.5. The Kier molecular flexibility index (Phi) is 9.77. The number of likely N-dealkylation sites (tertiary alicyclic amines) is 1. The van der Waals surface area contributed by atoms with Gasteiger partial charge in [0.1, 0.15) is 17.9 Å². The molecule has 1 unspecified atom stereocenters. The van der Waals surface area contributed by atoms with Crippen molar-refractivity contribution in [2.24, 2.45) is 5.92 Å². The van der Waals surface area contributed by atoms with E-state index >= 15 is 4.39 Å². The second-order valence-corrected chi connectivity index (χ2v) is 12.8. The average Bonchev–Trinajstić information content (AvgIpc) is 3.06. The van der Waals surface area contributed by atoms with Gasteiger partial charge in [0.05, 0.1) is 48.1 Å². The van der Waals surface area contributed by atoms with E-state index in [1.165, 1.54) is 11.0 Å². The third-order valence-corrected chi connectivity index (χ3v) is 9.77. The zero-order chi connectivity index (χ0) is 33.2. The molecule has 3 aliphatic heterocycles. The minimum Gasteiger partial charge on any atom is -0.463 e. The Morgan fingerprint density at radius 3 is 2.77 bits per heavy atom. The van der Waals surface area contributed by atoms with Crippen molar-refractivity contribution in [2.75, 3.05) is 63.3 Å². The van der Waals surface area contributed by atoms with Crippen LogP contribution in [0.15, 0.2) is 42.7 Å². The molecule has 6 rings (SSSR count). The van der Waals surface area contributed by atoms with E-state index in [2.05, 4.69) is 17.5 Å². The maximum atomic E-state index is 15.5. The molecule has 2 aromatic carbocycles. The number of benzene rings is 2. The Bertz CT molecular complexity index is 1720. The highest BCUT2D eigenvalue weighted by Gasteiger charge is 2.36. The molecule has 10 nitrogen and oxygen atoms in total. The van der Waals surface area contributed by atoms with Gasteiger partial charge in [-0.2, -0.15) is 15.2 Å². The second kappa shape index (κ2) is 14.0. The molecule has 13 heteroatoms. The zero-order valence-corrected chi connectivity index (χ0v) is 27.3. The number of anilines is 2. The number of rotatable bonds is 8. The normalized spacial score (nSPS) is 21.8. The third-order valence-electron chi connectivity index (χ3n) is 9.45. The molecule has 47 heavy (non-hydrogen) atoms. The van der Waals surface area contributed by atoms with Gasteiger partial charge < -0.3 is 24.2 Å². The van der Waals surface area contributed by atoms with Crippen molar-refractivity contribution >= 4 is 39.8 Å². The summed E-state index contributed by atoms with van der Waals surface area (Å²) in [6, 6.07) is 10.4. The molecule has 0 aliphatic carbocycles. The van der Waals surface area contributed by atoms with E-state index in [0.717, 1.165) is 30.3 Å². The van der Waals surface area contributed by atoms with Crippen LogP contribution in [0, 0.1) is 23.1 Å². The summed E-state index contributed by atoms with van der Waals surface area (Å²) in [5, 5.41) is 11.5. The van der Waals surface area contributed by atoms with Crippen LogP contribution in [0.1, 0.15) is 30.5 Å². The molecule has 3 aliphatic rings. The molecule has 1 amide bonds. The molecule has 3 aromatic rings. The number of nitriles is 1. The Balaban J connectivity index is 1.35. The number of nitrogens with zero attached hydrogens (tertiary/aromatic N) is 7. The molecule has 0 spiro atoms. The van der Waals surface area contributed by atoms with Crippen LogP contribution in [0.5, 0.6) is 6.01 Å². The van der Waals surface area contributed by atoms with Gasteiger partial charge in [-0.15, -0.1) is 0 Å². The molecule has 1 aromatic heterocycles. The number of fused-ring (bicyclic) bond motifs is 2. The van der Waals surface area contributed by atoms with Gasteiger partial charge in [-0.05, 0) is 43.8 Å². The molecular weight excluding hydrogens is 628 g/mol. The number of methoxy groups -OCH3 is 1. The standard InChI is InChI=1S/C34H38ClF2N7O3/c1-21(36)32(45)44-17-16-43(18-24(44)11-13-38)31-25-12-15-42(30-27(37)10-9-22-6-4-8-26(35)29(22)30)19-28(25)39-34(40-31)47-20-23-7-5-14-41(2)33(23)46-3/h4,6,8-10,23-24,33H,1,5,7,11-12,14-20H2,2-3H3/t23-,24+,33?/m1/s1. The van der Waals surface area contributed by atoms with Gasteiger partial charge in [0, 0.05) is 56.7 Å². The lowest BCUT2D eigenvalue weighted by Gasteiger charge is -2.42. The third kappa shape index (κ3) is 6.57. The van der Waals surface area contributed by atoms with Gasteiger partial charge >= 0.3 is 6.01 Å². The van der Waals surface area contributed by atoms with Crippen LogP contribution in [-0.2, 0) is 22.5 Å². The van der Waals surface area contributed by atoms with Crippen molar-refractivity contribution in [3.8, 4) is 12.1 Å². The lowest BCUT2D eigenvalue weighted by atomic mass is 9.97. The summed E-state index contributed by atoms with van der Waals surface area (Å²) in [5.41, 5.74) is 2.00. The molecule has 0 saturated carbocycles. The first kappa shape index (κ1) is 32.9. The first-order valence-electron chi connectivity index (χ1n) is 15.8. The van der Waals surface area contributed by atoms with Crippen molar-refractivity contribution in [3.05, 3.63) is 64.8 Å². The van der Waals surface area contributed by atoms with Gasteiger partial charge in [0.2, 0.25) is 0 Å². The van der Waals surface area contributed by atoms with Crippen molar-refractivity contribution in [1.82, 2.24) is 19.8 Å². The average molecular weight is 666 g/mol. The number of aromatic nitrogens is 2. The molecule has 248 valence electrons. The molecule has 0 N–H and O–H groups in total. The Morgan fingerprint density at radius 1 is 1.17 bits per heavy atom. The number of hydrogen-bond donors (Lipinski definition) is 0. The number of carbonyl (C=O) groups excluding carboxylic acids is 1. The fourth-order valence-corrected chi connectivity index (χ4v) is 7.48. The van der Waals surface area contributed by atoms with Gasteiger partial charge in [-0.1, -0.05) is 36.4 Å². The molecule has 0 bridgehead atoms. The topological polar surface area (TPSA) is 98.1 Å². The summed E-state index contributed by atoms with van der Waals surface area (Å²) in [6.07, 6.45) is 2.38. The first-order chi connectivity index (χ1) is 22.7. The monoisotopic (exact) mass is 665 g/mol. The number of carbonyl (C=O) groups is 1. The van der Waals surface area contributed by atoms with Crippen molar-refractivity contribution in [3.63, 3.8) is 0 Å². The van der Waals surface area contributed by atoms with Crippen molar-refractivity contribution < 1.29 is 23.0 Å². The predicted octanol–water partition coefficient (Wildman–Crippen LogP) is 5.09. The SMILES string of the molecule is C=C(F)C(=O)N1CCN(c2nc(OC[C@H]3CCCN(C)C3OC)nc3c2CCN(c2c(F)ccc4cccc(Cl)c24)C3)C[C@@H]1CC#N. The number of hydrogen-bond acceptors (Lipinski definition) is 9. The van der Waals surface area contributed by atoms with Crippen LogP contribution in [-0.4, -0.2) is 91.4 Å². The van der Waals surface area contributed by atoms with Crippen LogP contribution >= 0.6 is 11.6 Å². The van der Waals surface area contributed by atoms with Crippen molar-refractivity contribution in [2.45, 2.75) is 44.5 Å². The fourth-order valence-electron chi connectivity index (χ4n) is 7.21. The van der Waals surface area contributed by atoms with Crippen molar-refractivity contribution in [1.29, 1.82) is 5.26 Å². The quantitative estimate of drug-likeness (QED) is 0.305. The van der Waals surface area contributed by atoms with E-state index in [4.69, 9.17) is 31.0 Å². The number of halogens is 3. The molecule has 2 saturated heterocycles. The second-order valence-electron chi connectivity index (χ2n) is 12.3. The van der Waals surface area contributed by atoms with E-state index < -0.39 is 17.8 Å². The van der Waals surface area contributed by atoms with E-state index in [1.807, 2.05) is 29.0 Å². The van der Waals surface area contributed by atoms with Gasteiger partial charge in [0.25, 0.3) is 5.91 Å².